The second-order valence-electron chi connectivity index (χ2n) is 3.02. The Kier molecular flexibility index (Phi) is 3.56. The first kappa shape index (κ1) is 10.0. The fourth-order valence-electron chi connectivity index (χ4n) is 1.12. The van der Waals surface area contributed by atoms with Crippen molar-refractivity contribution in [1.29, 1.82) is 0 Å². The van der Waals surface area contributed by atoms with Gasteiger partial charge in [0.15, 0.2) is 0 Å². The van der Waals surface area contributed by atoms with Gasteiger partial charge in [0.25, 0.3) is 0 Å². The van der Waals surface area contributed by atoms with Crippen LogP contribution in [0.25, 0.3) is 0 Å². The molecule has 0 saturated carbocycles. The number of nitrogens with two attached hydrogens (primary N) is 1. The minimum Gasteiger partial charge on any atom is -0.328 e. The minimum absolute atomic E-state index is 0.226. The van der Waals surface area contributed by atoms with Gasteiger partial charge in [-0.1, -0.05) is 18.5 Å². The summed E-state index contributed by atoms with van der Waals surface area (Å²) in [7, 11) is 0. The number of hydrogen-bond donors (Lipinski definition) is 1. The van der Waals surface area contributed by atoms with Crippen molar-refractivity contribution < 1.29 is 0 Å². The Morgan fingerprint density at radius 3 is 2.75 bits per heavy atom. The third-order valence-electron chi connectivity index (χ3n) is 1.65. The lowest BCUT2D eigenvalue weighted by atomic mass is 10.2. The number of thiophene rings is 1. The van der Waals surface area contributed by atoms with Crippen molar-refractivity contribution in [2.45, 2.75) is 32.7 Å². The van der Waals surface area contributed by atoms with Gasteiger partial charge in [0.05, 0.1) is 5.02 Å². The van der Waals surface area contributed by atoms with Crippen LogP contribution in [-0.2, 0) is 12.8 Å². The zero-order chi connectivity index (χ0) is 9.14. The number of hydrogen-bond acceptors (Lipinski definition) is 2. The average molecular weight is 204 g/mol. The van der Waals surface area contributed by atoms with Gasteiger partial charge in [-0.2, -0.15) is 0 Å². The van der Waals surface area contributed by atoms with Crippen molar-refractivity contribution in [2.24, 2.45) is 5.73 Å². The van der Waals surface area contributed by atoms with E-state index >= 15 is 0 Å². The largest absolute Gasteiger partial charge is 0.328 e. The van der Waals surface area contributed by atoms with Crippen LogP contribution >= 0.6 is 22.9 Å². The number of aryl methyl sites for hydroxylation is 1. The zero-order valence-corrected chi connectivity index (χ0v) is 9.00. The predicted molar refractivity (Wildman–Crippen MR) is 56.1 cm³/mol. The Hall–Kier alpha value is -0.0500. The molecule has 3 heteroatoms. The van der Waals surface area contributed by atoms with Crippen molar-refractivity contribution in [3.63, 3.8) is 0 Å². The Morgan fingerprint density at radius 1 is 1.67 bits per heavy atom. The van der Waals surface area contributed by atoms with Crippen LogP contribution in [-0.4, -0.2) is 6.04 Å². The van der Waals surface area contributed by atoms with Gasteiger partial charge in [0, 0.05) is 15.8 Å². The van der Waals surface area contributed by atoms with Gasteiger partial charge < -0.3 is 5.73 Å². The lowest BCUT2D eigenvalue weighted by Crippen LogP contribution is -2.16. The standard InChI is InChI=1S/C9H14ClNS/c1-3-9-8(10)5-7(12-9)4-6(2)11/h5-6H,3-4,11H2,1-2H3. The molecule has 1 aromatic heterocycles. The third kappa shape index (κ3) is 2.47. The molecular weight excluding hydrogens is 190 g/mol. The van der Waals surface area contributed by atoms with E-state index in [4.69, 9.17) is 17.3 Å². The second-order valence-corrected chi connectivity index (χ2v) is 4.65. The highest BCUT2D eigenvalue weighted by molar-refractivity contribution is 7.12. The van der Waals surface area contributed by atoms with Gasteiger partial charge in [-0.05, 0) is 25.8 Å². The van der Waals surface area contributed by atoms with Gasteiger partial charge in [-0.25, -0.2) is 0 Å². The molecule has 12 heavy (non-hydrogen) atoms. The second kappa shape index (κ2) is 4.26. The van der Waals surface area contributed by atoms with E-state index in [2.05, 4.69) is 6.92 Å². The third-order valence-corrected chi connectivity index (χ3v) is 3.40. The molecule has 2 N–H and O–H groups in total. The molecule has 0 saturated heterocycles. The molecule has 0 aliphatic heterocycles. The first-order valence-corrected chi connectivity index (χ1v) is 5.35. The molecule has 1 aromatic rings. The van der Waals surface area contributed by atoms with Crippen molar-refractivity contribution in [3.05, 3.63) is 20.8 Å². The monoisotopic (exact) mass is 203 g/mol. The van der Waals surface area contributed by atoms with E-state index < -0.39 is 0 Å². The van der Waals surface area contributed by atoms with Crippen molar-refractivity contribution >= 4 is 22.9 Å². The molecule has 1 nitrogen and oxygen atoms in total. The molecule has 0 amide bonds. The van der Waals surface area contributed by atoms with Gasteiger partial charge in [-0.15, -0.1) is 11.3 Å². The normalized spacial score (nSPS) is 13.3. The highest BCUT2D eigenvalue weighted by Gasteiger charge is 2.06. The molecule has 1 atom stereocenters. The lowest BCUT2D eigenvalue weighted by Gasteiger charge is -1.99. The van der Waals surface area contributed by atoms with Crippen LogP contribution in [0, 0.1) is 0 Å². The Morgan fingerprint density at radius 2 is 2.33 bits per heavy atom. The molecule has 0 spiro atoms. The van der Waals surface area contributed by atoms with Gasteiger partial charge in [0.2, 0.25) is 0 Å². The van der Waals surface area contributed by atoms with E-state index in [0.29, 0.717) is 0 Å². The van der Waals surface area contributed by atoms with E-state index in [0.717, 1.165) is 17.9 Å². The zero-order valence-electron chi connectivity index (χ0n) is 7.43. The maximum Gasteiger partial charge on any atom is 0.0547 e. The molecular formula is C9H14ClNS. The molecule has 0 fully saturated rings. The van der Waals surface area contributed by atoms with E-state index in [1.54, 1.807) is 11.3 Å². The predicted octanol–water partition coefficient (Wildman–Crippen LogP) is 2.85. The highest BCUT2D eigenvalue weighted by Crippen LogP contribution is 2.27. The van der Waals surface area contributed by atoms with Gasteiger partial charge in [0.1, 0.15) is 0 Å². The van der Waals surface area contributed by atoms with Gasteiger partial charge >= 0.3 is 0 Å². The topological polar surface area (TPSA) is 26.0 Å². The molecule has 0 bridgehead atoms. The summed E-state index contributed by atoms with van der Waals surface area (Å²) in [5, 5.41) is 0.901. The van der Waals surface area contributed by atoms with Crippen LogP contribution in [0.2, 0.25) is 5.02 Å². The summed E-state index contributed by atoms with van der Waals surface area (Å²) in [5.41, 5.74) is 5.69. The molecule has 0 radical (unpaired) electrons. The van der Waals surface area contributed by atoms with Crippen LogP contribution in [0.3, 0.4) is 0 Å². The smallest absolute Gasteiger partial charge is 0.0547 e. The van der Waals surface area contributed by atoms with Crippen LogP contribution in [0.15, 0.2) is 6.07 Å². The summed E-state index contributed by atoms with van der Waals surface area (Å²) in [6.45, 7) is 4.13. The van der Waals surface area contributed by atoms with Crippen LogP contribution in [0.4, 0.5) is 0 Å². The fourth-order valence-corrected chi connectivity index (χ4v) is 2.70. The molecule has 0 aliphatic carbocycles. The average Bonchev–Trinajstić information content (AvgIpc) is 2.29. The van der Waals surface area contributed by atoms with E-state index in [-0.39, 0.29) is 6.04 Å². The lowest BCUT2D eigenvalue weighted by molar-refractivity contribution is 0.746. The summed E-state index contributed by atoms with van der Waals surface area (Å²) in [4.78, 5) is 2.57. The van der Waals surface area contributed by atoms with Crippen LogP contribution < -0.4 is 5.73 Å². The molecule has 1 rings (SSSR count). The van der Waals surface area contributed by atoms with E-state index in [9.17, 15) is 0 Å². The Bertz CT molecular complexity index is 255. The fraction of sp³-hybridized carbons (Fsp3) is 0.556. The van der Waals surface area contributed by atoms with Crippen molar-refractivity contribution in [1.82, 2.24) is 0 Å². The molecule has 68 valence electrons. The first-order valence-electron chi connectivity index (χ1n) is 4.16. The summed E-state index contributed by atoms with van der Waals surface area (Å²) in [6, 6.07) is 2.26. The van der Waals surface area contributed by atoms with Crippen LogP contribution in [0.5, 0.6) is 0 Å². The van der Waals surface area contributed by atoms with Crippen molar-refractivity contribution in [3.8, 4) is 0 Å². The maximum absolute atomic E-state index is 6.00. The number of halogens is 1. The van der Waals surface area contributed by atoms with E-state index in [1.807, 2.05) is 13.0 Å². The molecule has 0 aliphatic rings. The maximum atomic E-state index is 6.00. The minimum atomic E-state index is 0.226. The molecule has 0 aromatic carbocycles. The van der Waals surface area contributed by atoms with E-state index in [1.165, 1.54) is 9.75 Å². The summed E-state index contributed by atoms with van der Waals surface area (Å²) < 4.78 is 0. The summed E-state index contributed by atoms with van der Waals surface area (Å²) >= 11 is 7.77. The number of rotatable bonds is 3. The van der Waals surface area contributed by atoms with Gasteiger partial charge in [-0.3, -0.25) is 0 Å². The quantitative estimate of drug-likeness (QED) is 0.804. The molecule has 1 heterocycles. The highest BCUT2D eigenvalue weighted by atomic mass is 35.5. The van der Waals surface area contributed by atoms with Crippen molar-refractivity contribution in [2.75, 3.05) is 0 Å². The summed E-state index contributed by atoms with van der Waals surface area (Å²) in [6.07, 6.45) is 1.95. The first-order chi connectivity index (χ1) is 5.63. The van der Waals surface area contributed by atoms with Crippen LogP contribution in [0.1, 0.15) is 23.6 Å². The Labute approximate surface area is 82.5 Å². The molecule has 1 unspecified atom stereocenters. The SMILES string of the molecule is CCc1sc(CC(C)N)cc1Cl. The summed E-state index contributed by atoms with van der Waals surface area (Å²) in [5.74, 6) is 0. The Balaban J connectivity index is 2.75.